The number of ether oxygens (including phenoxy) is 2. The number of carbonyl (C=O) groups excluding carboxylic acids is 1. The zero-order valence-electron chi connectivity index (χ0n) is 11.3. The van der Waals surface area contributed by atoms with Crippen molar-refractivity contribution in [3.63, 3.8) is 0 Å². The van der Waals surface area contributed by atoms with Crippen LogP contribution >= 0.6 is 9.24 Å². The highest BCUT2D eigenvalue weighted by molar-refractivity contribution is 7.17. The van der Waals surface area contributed by atoms with Gasteiger partial charge in [-0.15, -0.1) is 9.24 Å². The molecular formula is C14H20NO3P. The van der Waals surface area contributed by atoms with E-state index in [1.54, 1.807) is 7.11 Å². The second-order valence-corrected chi connectivity index (χ2v) is 5.66. The highest BCUT2D eigenvalue weighted by Crippen LogP contribution is 2.23. The number of methoxy groups -OCH3 is 1. The summed E-state index contributed by atoms with van der Waals surface area (Å²) in [4.78, 5) is 11.2. The molecule has 5 heteroatoms. The average Bonchev–Trinajstić information content (AvgIpc) is 2.72. The van der Waals surface area contributed by atoms with Crippen LogP contribution in [0.1, 0.15) is 12.5 Å². The van der Waals surface area contributed by atoms with E-state index in [0.717, 1.165) is 18.7 Å². The van der Waals surface area contributed by atoms with Gasteiger partial charge in [-0.1, -0.05) is 12.1 Å². The van der Waals surface area contributed by atoms with Gasteiger partial charge >= 0.3 is 5.97 Å². The van der Waals surface area contributed by atoms with Gasteiger partial charge in [0, 0.05) is 25.2 Å². The molecule has 1 aromatic rings. The lowest BCUT2D eigenvalue weighted by atomic mass is 10.0. The Morgan fingerprint density at radius 1 is 1.42 bits per heavy atom. The van der Waals surface area contributed by atoms with Gasteiger partial charge in [-0.2, -0.15) is 0 Å². The molecule has 1 aromatic carbocycles. The molecular weight excluding hydrogens is 261 g/mol. The van der Waals surface area contributed by atoms with Crippen molar-refractivity contribution >= 4 is 15.2 Å². The number of rotatable bonds is 4. The molecule has 0 radical (unpaired) electrons. The minimum Gasteiger partial charge on any atom is -0.497 e. The van der Waals surface area contributed by atoms with Gasteiger partial charge in [-0.05, 0) is 24.1 Å². The molecule has 4 atom stereocenters. The van der Waals surface area contributed by atoms with Gasteiger partial charge < -0.3 is 14.8 Å². The first-order chi connectivity index (χ1) is 9.10. The summed E-state index contributed by atoms with van der Waals surface area (Å²) in [6.07, 6.45) is 0.761. The molecule has 0 aliphatic carbocycles. The third kappa shape index (κ3) is 3.68. The van der Waals surface area contributed by atoms with Crippen LogP contribution in [0, 0.1) is 0 Å². The molecule has 104 valence electrons. The van der Waals surface area contributed by atoms with Crippen molar-refractivity contribution in [3.05, 3.63) is 29.8 Å². The molecule has 0 amide bonds. The standard InChI is InChI=1S/C14H20NO3P/c1-9(16)18-14-12(15-8-13(14)19)7-10-3-5-11(17-2)6-4-10/h3-6,12-15H,7-8,19H2,1-2H3/t12-,13+,14+/m0/s1. The molecule has 1 N–H and O–H groups in total. The van der Waals surface area contributed by atoms with Gasteiger partial charge in [0.1, 0.15) is 11.9 Å². The van der Waals surface area contributed by atoms with Crippen LogP contribution in [0.25, 0.3) is 0 Å². The maximum absolute atomic E-state index is 11.2. The minimum atomic E-state index is -0.221. The first-order valence-electron chi connectivity index (χ1n) is 6.39. The van der Waals surface area contributed by atoms with Gasteiger partial charge in [0.05, 0.1) is 7.11 Å². The van der Waals surface area contributed by atoms with Crippen molar-refractivity contribution < 1.29 is 14.3 Å². The lowest BCUT2D eigenvalue weighted by Crippen LogP contribution is -2.37. The fraction of sp³-hybridized carbons (Fsp3) is 0.500. The first-order valence-corrected chi connectivity index (χ1v) is 7.06. The zero-order valence-corrected chi connectivity index (χ0v) is 12.4. The Morgan fingerprint density at radius 2 is 2.11 bits per heavy atom. The van der Waals surface area contributed by atoms with Crippen molar-refractivity contribution in [1.82, 2.24) is 5.32 Å². The fourth-order valence-electron chi connectivity index (χ4n) is 2.38. The second-order valence-electron chi connectivity index (χ2n) is 4.80. The average molecular weight is 281 g/mol. The van der Waals surface area contributed by atoms with E-state index in [2.05, 4.69) is 14.6 Å². The van der Waals surface area contributed by atoms with Gasteiger partial charge in [-0.25, -0.2) is 0 Å². The summed E-state index contributed by atoms with van der Waals surface area (Å²) in [5.74, 6) is 0.629. The van der Waals surface area contributed by atoms with Gasteiger partial charge in [-0.3, -0.25) is 4.79 Å². The summed E-state index contributed by atoms with van der Waals surface area (Å²) in [5, 5.41) is 3.41. The van der Waals surface area contributed by atoms with Crippen LogP contribution < -0.4 is 10.1 Å². The summed E-state index contributed by atoms with van der Waals surface area (Å²) in [6, 6.07) is 8.15. The van der Waals surface area contributed by atoms with E-state index in [-0.39, 0.29) is 23.8 Å². The summed E-state index contributed by atoms with van der Waals surface area (Å²) in [6.45, 7) is 2.31. The van der Waals surface area contributed by atoms with E-state index in [1.807, 2.05) is 24.3 Å². The summed E-state index contributed by atoms with van der Waals surface area (Å²) < 4.78 is 10.5. The van der Waals surface area contributed by atoms with Crippen LogP contribution in [0.3, 0.4) is 0 Å². The van der Waals surface area contributed by atoms with Crippen molar-refractivity contribution in [1.29, 1.82) is 0 Å². The number of benzene rings is 1. The highest BCUT2D eigenvalue weighted by atomic mass is 31.0. The van der Waals surface area contributed by atoms with Gasteiger partial charge in [0.15, 0.2) is 0 Å². The number of esters is 1. The molecule has 0 aromatic heterocycles. The van der Waals surface area contributed by atoms with Crippen molar-refractivity contribution in [2.75, 3.05) is 13.7 Å². The van der Waals surface area contributed by atoms with E-state index < -0.39 is 0 Å². The summed E-state index contributed by atoms with van der Waals surface area (Å²) in [5.41, 5.74) is 1.47. The third-order valence-electron chi connectivity index (χ3n) is 3.35. The molecule has 1 fully saturated rings. The fourth-order valence-corrected chi connectivity index (χ4v) is 2.87. The van der Waals surface area contributed by atoms with Crippen LogP contribution in [0.2, 0.25) is 0 Å². The van der Waals surface area contributed by atoms with Crippen molar-refractivity contribution in [2.45, 2.75) is 31.1 Å². The summed E-state index contributed by atoms with van der Waals surface area (Å²) >= 11 is 0. The van der Waals surface area contributed by atoms with Crippen molar-refractivity contribution in [3.8, 4) is 5.75 Å². The van der Waals surface area contributed by atoms with Gasteiger partial charge in [0.25, 0.3) is 0 Å². The largest absolute Gasteiger partial charge is 0.497 e. The minimum absolute atomic E-state index is 0.0791. The van der Waals surface area contributed by atoms with E-state index >= 15 is 0 Å². The second kappa shape index (κ2) is 6.36. The van der Waals surface area contributed by atoms with Crippen LogP contribution in [-0.2, 0) is 16.0 Å². The van der Waals surface area contributed by atoms with E-state index in [1.165, 1.54) is 12.5 Å². The SMILES string of the molecule is COc1ccc(C[C@@H]2NC[C@@H](P)[C@@H]2OC(C)=O)cc1. The molecule has 1 saturated heterocycles. The molecule has 1 unspecified atom stereocenters. The molecule has 19 heavy (non-hydrogen) atoms. The van der Waals surface area contributed by atoms with E-state index in [0.29, 0.717) is 0 Å². The topological polar surface area (TPSA) is 47.6 Å². The van der Waals surface area contributed by atoms with Crippen LogP contribution in [0.4, 0.5) is 0 Å². The number of carbonyl (C=O) groups is 1. The highest BCUT2D eigenvalue weighted by Gasteiger charge is 2.35. The van der Waals surface area contributed by atoms with Gasteiger partial charge in [0.2, 0.25) is 0 Å². The molecule has 0 bridgehead atoms. The zero-order chi connectivity index (χ0) is 13.8. The lowest BCUT2D eigenvalue weighted by Gasteiger charge is -2.22. The Balaban J connectivity index is 2.02. The van der Waals surface area contributed by atoms with Crippen molar-refractivity contribution in [2.24, 2.45) is 0 Å². The smallest absolute Gasteiger partial charge is 0.302 e. The Hall–Kier alpha value is -1.12. The van der Waals surface area contributed by atoms with E-state index in [4.69, 9.17) is 9.47 Å². The maximum Gasteiger partial charge on any atom is 0.302 e. The molecule has 1 heterocycles. The molecule has 0 saturated carbocycles. The molecule has 2 rings (SSSR count). The lowest BCUT2D eigenvalue weighted by molar-refractivity contribution is -0.146. The Kier molecular flexibility index (Phi) is 4.78. The number of hydrogen-bond acceptors (Lipinski definition) is 4. The normalized spacial score (nSPS) is 26.2. The molecule has 1 aliphatic rings. The molecule has 1 aliphatic heterocycles. The Labute approximate surface area is 116 Å². The quantitative estimate of drug-likeness (QED) is 0.669. The number of nitrogens with one attached hydrogen (secondary N) is 1. The predicted molar refractivity (Wildman–Crippen MR) is 77.5 cm³/mol. The summed E-state index contributed by atoms with van der Waals surface area (Å²) in [7, 11) is 4.40. The molecule has 4 nitrogen and oxygen atoms in total. The van der Waals surface area contributed by atoms with Crippen LogP contribution in [0.5, 0.6) is 5.75 Å². The Morgan fingerprint density at radius 3 is 2.68 bits per heavy atom. The van der Waals surface area contributed by atoms with Crippen LogP contribution in [0.15, 0.2) is 24.3 Å². The van der Waals surface area contributed by atoms with E-state index in [9.17, 15) is 4.79 Å². The first kappa shape index (κ1) is 14.3. The predicted octanol–water partition coefficient (Wildman–Crippen LogP) is 1.38. The monoisotopic (exact) mass is 281 g/mol. The molecule has 0 spiro atoms. The third-order valence-corrected chi connectivity index (χ3v) is 3.97. The van der Waals surface area contributed by atoms with Crippen LogP contribution in [-0.4, -0.2) is 37.4 Å². The number of hydrogen-bond donors (Lipinski definition) is 1. The Bertz CT molecular complexity index is 435. The maximum atomic E-state index is 11.2.